The Kier molecular flexibility index (Phi) is 12.7. The van der Waals surface area contributed by atoms with Gasteiger partial charge < -0.3 is 24.8 Å². The Balaban J connectivity index is 0.000000886. The van der Waals surface area contributed by atoms with Crippen molar-refractivity contribution >= 4 is 0 Å². The largest absolute Gasteiger partial charge is 0.513 e. The molecule has 216 valence electrons. The zero-order valence-electron chi connectivity index (χ0n) is 24.1. The smallest absolute Gasteiger partial charge is 0.152 e. The first kappa shape index (κ1) is 30.9. The molecule has 4 N–H and O–H groups in total. The minimum atomic E-state index is -0.789. The van der Waals surface area contributed by atoms with Crippen molar-refractivity contribution in [2.24, 2.45) is 29.6 Å². The number of hydrogen-bond donors (Lipinski definition) is 4. The number of aliphatic hydroxyl groups is 3. The SMILES string of the molecule is C=C(C)O.CC(O)OC1C(C)CC(C(O)NC2CCC(CC3CCCCC3)CC2)CC1OC(C)C1CC1. The number of aliphatic hydroxyl groups excluding tert-OH is 3. The lowest BCUT2D eigenvalue weighted by Gasteiger charge is -2.44. The van der Waals surface area contributed by atoms with Crippen molar-refractivity contribution in [2.75, 3.05) is 0 Å². The fraction of sp³-hybridized carbons (Fsp3) is 0.935. The van der Waals surface area contributed by atoms with Gasteiger partial charge in [0.1, 0.15) is 6.23 Å². The van der Waals surface area contributed by atoms with Crippen LogP contribution in [0.4, 0.5) is 0 Å². The summed E-state index contributed by atoms with van der Waals surface area (Å²) in [5.74, 6) is 3.13. The highest BCUT2D eigenvalue weighted by Gasteiger charge is 2.43. The van der Waals surface area contributed by atoms with Gasteiger partial charge in [0, 0.05) is 12.0 Å². The molecule has 0 amide bonds. The molecule has 0 aromatic rings. The second-order valence-electron chi connectivity index (χ2n) is 12.9. The number of nitrogens with one attached hydrogen (secondary N) is 1. The van der Waals surface area contributed by atoms with Gasteiger partial charge in [-0.2, -0.15) is 0 Å². The molecule has 7 unspecified atom stereocenters. The van der Waals surface area contributed by atoms with Crippen molar-refractivity contribution in [3.8, 4) is 0 Å². The highest BCUT2D eigenvalue weighted by molar-refractivity contribution is 4.92. The summed E-state index contributed by atoms with van der Waals surface area (Å²) in [4.78, 5) is 0. The Bertz CT molecular complexity index is 650. The first-order valence-electron chi connectivity index (χ1n) is 15.4. The Labute approximate surface area is 226 Å². The molecule has 4 aliphatic rings. The van der Waals surface area contributed by atoms with E-state index in [1.165, 1.54) is 84.0 Å². The maximum Gasteiger partial charge on any atom is 0.152 e. The molecule has 0 aromatic carbocycles. The summed E-state index contributed by atoms with van der Waals surface area (Å²) in [5.41, 5.74) is 0. The molecule has 0 saturated heterocycles. The zero-order valence-corrected chi connectivity index (χ0v) is 24.1. The lowest BCUT2D eigenvalue weighted by molar-refractivity contribution is -0.211. The van der Waals surface area contributed by atoms with Gasteiger partial charge in [-0.05, 0) is 102 Å². The molecule has 7 atom stereocenters. The summed E-state index contributed by atoms with van der Waals surface area (Å²) in [6, 6.07) is 0.439. The van der Waals surface area contributed by atoms with Gasteiger partial charge in [0.25, 0.3) is 0 Å². The summed E-state index contributed by atoms with van der Waals surface area (Å²) in [5, 5.41) is 32.5. The van der Waals surface area contributed by atoms with Crippen molar-refractivity contribution in [1.29, 1.82) is 0 Å². The Hall–Kier alpha value is -0.660. The molecular weight excluding hydrogens is 466 g/mol. The first-order chi connectivity index (χ1) is 17.6. The van der Waals surface area contributed by atoms with Crippen molar-refractivity contribution in [2.45, 2.75) is 154 Å². The van der Waals surface area contributed by atoms with E-state index in [0.29, 0.717) is 12.0 Å². The van der Waals surface area contributed by atoms with Crippen LogP contribution in [0.5, 0.6) is 0 Å². The van der Waals surface area contributed by atoms with Crippen LogP contribution in [0.15, 0.2) is 12.3 Å². The third-order valence-electron chi connectivity index (χ3n) is 9.26. The van der Waals surface area contributed by atoms with Gasteiger partial charge in [0.05, 0.1) is 24.1 Å². The van der Waals surface area contributed by atoms with E-state index in [1.807, 2.05) is 0 Å². The summed E-state index contributed by atoms with van der Waals surface area (Å²) in [7, 11) is 0. The molecule has 37 heavy (non-hydrogen) atoms. The Morgan fingerprint density at radius 2 is 1.46 bits per heavy atom. The summed E-state index contributed by atoms with van der Waals surface area (Å²) >= 11 is 0. The van der Waals surface area contributed by atoms with Gasteiger partial charge in [-0.3, -0.25) is 5.32 Å². The van der Waals surface area contributed by atoms with Crippen LogP contribution in [0, 0.1) is 29.6 Å². The Morgan fingerprint density at radius 3 is 2.03 bits per heavy atom. The summed E-state index contributed by atoms with van der Waals surface area (Å²) in [6.07, 6.45) is 16.7. The molecule has 6 nitrogen and oxygen atoms in total. The zero-order chi connectivity index (χ0) is 26.9. The standard InChI is InChI=1S/C28H51NO4.C3H6O/c1-18-15-24(17-26(27(18)33-20(3)30)32-19(2)23-11-12-23)28(31)29-25-13-9-22(10-14-25)16-21-7-5-4-6-8-21;1-3(2)4/h18-31H,4-17H2,1-3H3;4H,1H2,2H3. The number of rotatable bonds is 10. The summed E-state index contributed by atoms with van der Waals surface area (Å²) in [6.45, 7) is 10.7. The average Bonchev–Trinajstić information content (AvgIpc) is 3.68. The number of ether oxygens (including phenoxy) is 2. The van der Waals surface area contributed by atoms with E-state index >= 15 is 0 Å². The molecule has 0 heterocycles. The minimum absolute atomic E-state index is 0.0633. The fourth-order valence-corrected chi connectivity index (χ4v) is 7.14. The molecule has 0 bridgehead atoms. The lowest BCUT2D eigenvalue weighted by atomic mass is 9.75. The fourth-order valence-electron chi connectivity index (χ4n) is 7.14. The van der Waals surface area contributed by atoms with Gasteiger partial charge in [0.2, 0.25) is 0 Å². The van der Waals surface area contributed by atoms with E-state index in [9.17, 15) is 10.2 Å². The molecule has 6 heteroatoms. The number of hydrogen-bond acceptors (Lipinski definition) is 6. The predicted molar refractivity (Wildman–Crippen MR) is 149 cm³/mol. The molecule has 4 rings (SSSR count). The van der Waals surface area contributed by atoms with Gasteiger partial charge in [-0.25, -0.2) is 0 Å². The highest BCUT2D eigenvalue weighted by atomic mass is 16.6. The van der Waals surface area contributed by atoms with Crippen LogP contribution in [0.2, 0.25) is 0 Å². The van der Waals surface area contributed by atoms with Gasteiger partial charge >= 0.3 is 0 Å². The van der Waals surface area contributed by atoms with Crippen LogP contribution < -0.4 is 5.32 Å². The molecular formula is C31H57NO5. The summed E-state index contributed by atoms with van der Waals surface area (Å²) < 4.78 is 12.4. The number of allylic oxidation sites excluding steroid dienone is 1. The Morgan fingerprint density at radius 1 is 0.865 bits per heavy atom. The molecule has 0 aliphatic heterocycles. The molecule has 0 radical (unpaired) electrons. The van der Waals surface area contributed by atoms with Crippen molar-refractivity contribution < 1.29 is 24.8 Å². The monoisotopic (exact) mass is 523 g/mol. The third-order valence-corrected chi connectivity index (χ3v) is 9.26. The van der Waals surface area contributed by atoms with E-state index in [2.05, 4.69) is 25.7 Å². The second-order valence-corrected chi connectivity index (χ2v) is 12.9. The second kappa shape index (κ2) is 15.2. The van der Waals surface area contributed by atoms with Crippen molar-refractivity contribution in [1.82, 2.24) is 5.32 Å². The van der Waals surface area contributed by atoms with E-state index in [0.717, 1.165) is 24.7 Å². The molecule has 0 spiro atoms. The normalized spacial score (nSPS) is 35.6. The van der Waals surface area contributed by atoms with Crippen LogP contribution in [0.3, 0.4) is 0 Å². The van der Waals surface area contributed by atoms with E-state index in [-0.39, 0.29) is 35.9 Å². The topological polar surface area (TPSA) is 91.2 Å². The van der Waals surface area contributed by atoms with Gasteiger partial charge in [-0.1, -0.05) is 45.6 Å². The lowest BCUT2D eigenvalue weighted by Crippen LogP contribution is -2.52. The average molecular weight is 524 g/mol. The van der Waals surface area contributed by atoms with E-state index in [4.69, 9.17) is 14.6 Å². The van der Waals surface area contributed by atoms with Crippen molar-refractivity contribution in [3.05, 3.63) is 12.3 Å². The molecule has 4 saturated carbocycles. The minimum Gasteiger partial charge on any atom is -0.513 e. The van der Waals surface area contributed by atoms with Crippen LogP contribution in [-0.4, -0.2) is 52.2 Å². The van der Waals surface area contributed by atoms with Gasteiger partial charge in [0.15, 0.2) is 6.29 Å². The molecule has 0 aromatic heterocycles. The molecule has 4 fully saturated rings. The predicted octanol–water partition coefficient (Wildman–Crippen LogP) is 6.45. The maximum absolute atomic E-state index is 11.2. The van der Waals surface area contributed by atoms with Crippen LogP contribution in [0.1, 0.15) is 118 Å². The van der Waals surface area contributed by atoms with E-state index in [1.54, 1.807) is 6.92 Å². The third kappa shape index (κ3) is 10.8. The first-order valence-corrected chi connectivity index (χ1v) is 15.4. The van der Waals surface area contributed by atoms with Gasteiger partial charge in [-0.15, -0.1) is 0 Å². The van der Waals surface area contributed by atoms with Crippen LogP contribution in [0.25, 0.3) is 0 Å². The van der Waals surface area contributed by atoms with Crippen LogP contribution >= 0.6 is 0 Å². The van der Waals surface area contributed by atoms with Crippen LogP contribution in [-0.2, 0) is 9.47 Å². The maximum atomic E-state index is 11.2. The van der Waals surface area contributed by atoms with Crippen molar-refractivity contribution in [3.63, 3.8) is 0 Å². The highest BCUT2D eigenvalue weighted by Crippen LogP contribution is 2.40. The quantitative estimate of drug-likeness (QED) is 0.194. The molecule has 4 aliphatic carbocycles. The van der Waals surface area contributed by atoms with E-state index < -0.39 is 12.5 Å².